The lowest BCUT2D eigenvalue weighted by atomic mass is 9.79. The first-order chi connectivity index (χ1) is 9.47. The summed E-state index contributed by atoms with van der Waals surface area (Å²) in [6, 6.07) is 7.92. The van der Waals surface area contributed by atoms with E-state index in [2.05, 4.69) is 19.2 Å². The summed E-state index contributed by atoms with van der Waals surface area (Å²) in [6.45, 7) is 6.48. The first-order valence-electron chi connectivity index (χ1n) is 7.63. The van der Waals surface area contributed by atoms with E-state index in [9.17, 15) is 4.79 Å². The van der Waals surface area contributed by atoms with Gasteiger partial charge in [-0.15, -0.1) is 0 Å². The third kappa shape index (κ3) is 3.53. The first kappa shape index (κ1) is 14.9. The lowest BCUT2D eigenvalue weighted by Gasteiger charge is -2.33. The fraction of sp³-hybridized carbons (Fsp3) is 0.588. The topological polar surface area (TPSA) is 55.1 Å². The largest absolute Gasteiger partial charge is 0.399 e. The summed E-state index contributed by atoms with van der Waals surface area (Å²) in [5.74, 6) is 1.31. The van der Waals surface area contributed by atoms with E-state index in [1.165, 1.54) is 12.8 Å². The number of hydrogen-bond acceptors (Lipinski definition) is 2. The number of carbonyl (C=O) groups excluding carboxylic acids is 1. The third-order valence-corrected chi connectivity index (χ3v) is 4.56. The van der Waals surface area contributed by atoms with Gasteiger partial charge < -0.3 is 11.1 Å². The highest BCUT2D eigenvalue weighted by Gasteiger charge is 2.28. The Bertz CT molecular complexity index is 472. The number of nitrogens with one attached hydrogen (secondary N) is 1. The van der Waals surface area contributed by atoms with Crippen LogP contribution >= 0.6 is 0 Å². The molecule has 1 aliphatic rings. The molecule has 1 aliphatic carbocycles. The molecule has 1 aromatic rings. The van der Waals surface area contributed by atoms with Gasteiger partial charge in [-0.25, -0.2) is 0 Å². The second kappa shape index (κ2) is 6.29. The van der Waals surface area contributed by atoms with Crippen molar-refractivity contribution in [1.29, 1.82) is 0 Å². The number of nitrogen functional groups attached to an aromatic ring is 1. The molecule has 1 fully saturated rings. The van der Waals surface area contributed by atoms with E-state index in [1.54, 1.807) is 0 Å². The Morgan fingerprint density at radius 1 is 1.35 bits per heavy atom. The maximum atomic E-state index is 12.4. The molecular formula is C17H26N2O. The van der Waals surface area contributed by atoms with Crippen molar-refractivity contribution in [3.63, 3.8) is 0 Å². The summed E-state index contributed by atoms with van der Waals surface area (Å²) in [6.07, 6.45) is 3.51. The van der Waals surface area contributed by atoms with E-state index < -0.39 is 0 Å². The molecule has 1 aromatic carbocycles. The number of anilines is 1. The van der Waals surface area contributed by atoms with E-state index in [-0.39, 0.29) is 11.8 Å². The molecule has 0 aromatic heterocycles. The fourth-order valence-electron chi connectivity index (χ4n) is 3.17. The van der Waals surface area contributed by atoms with Crippen LogP contribution in [-0.4, -0.2) is 11.9 Å². The van der Waals surface area contributed by atoms with E-state index in [4.69, 9.17) is 5.73 Å². The van der Waals surface area contributed by atoms with Gasteiger partial charge in [-0.05, 0) is 55.7 Å². The second-order valence-electron chi connectivity index (χ2n) is 6.40. The van der Waals surface area contributed by atoms with Crippen LogP contribution in [0.1, 0.15) is 51.5 Å². The van der Waals surface area contributed by atoms with Crippen molar-refractivity contribution in [1.82, 2.24) is 5.32 Å². The Balaban J connectivity index is 1.97. The molecule has 2 rings (SSSR count). The highest BCUT2D eigenvalue weighted by molar-refractivity contribution is 5.83. The number of benzene rings is 1. The lowest BCUT2D eigenvalue weighted by Crippen LogP contribution is -2.43. The quantitative estimate of drug-likeness (QED) is 0.831. The molecule has 3 N–H and O–H groups in total. The van der Waals surface area contributed by atoms with Gasteiger partial charge in [0.25, 0.3) is 0 Å². The predicted molar refractivity (Wildman–Crippen MR) is 83.4 cm³/mol. The van der Waals surface area contributed by atoms with Gasteiger partial charge >= 0.3 is 0 Å². The minimum Gasteiger partial charge on any atom is -0.399 e. The minimum atomic E-state index is -0.148. The molecule has 1 saturated carbocycles. The minimum absolute atomic E-state index is 0.113. The van der Waals surface area contributed by atoms with Crippen LogP contribution in [0.25, 0.3) is 0 Å². The number of hydrogen-bond donors (Lipinski definition) is 2. The molecular weight excluding hydrogens is 248 g/mol. The molecule has 3 heteroatoms. The number of amides is 1. The second-order valence-corrected chi connectivity index (χ2v) is 6.40. The Morgan fingerprint density at radius 3 is 2.75 bits per heavy atom. The molecule has 4 unspecified atom stereocenters. The van der Waals surface area contributed by atoms with Gasteiger partial charge in [0.1, 0.15) is 0 Å². The lowest BCUT2D eigenvalue weighted by molar-refractivity contribution is -0.123. The van der Waals surface area contributed by atoms with Crippen LogP contribution in [-0.2, 0) is 4.79 Å². The molecule has 0 spiro atoms. The van der Waals surface area contributed by atoms with Gasteiger partial charge in [0.15, 0.2) is 0 Å². The van der Waals surface area contributed by atoms with Gasteiger partial charge in [0.05, 0.1) is 5.92 Å². The average molecular weight is 274 g/mol. The normalized spacial score (nSPS) is 27.9. The van der Waals surface area contributed by atoms with Crippen LogP contribution < -0.4 is 11.1 Å². The summed E-state index contributed by atoms with van der Waals surface area (Å²) in [7, 11) is 0. The van der Waals surface area contributed by atoms with Crippen LogP contribution in [0, 0.1) is 11.8 Å². The SMILES string of the molecule is CC1CCC(NC(=O)C(C)c2cccc(N)c2)C(C)C1. The molecule has 110 valence electrons. The molecule has 0 saturated heterocycles. The molecule has 1 amide bonds. The summed E-state index contributed by atoms with van der Waals surface area (Å²) in [4.78, 5) is 12.4. The third-order valence-electron chi connectivity index (χ3n) is 4.56. The monoisotopic (exact) mass is 274 g/mol. The molecule has 4 atom stereocenters. The smallest absolute Gasteiger partial charge is 0.227 e. The van der Waals surface area contributed by atoms with Crippen molar-refractivity contribution in [2.75, 3.05) is 5.73 Å². The standard InChI is InChI=1S/C17H26N2O/c1-11-7-8-16(12(2)9-11)19-17(20)13(3)14-5-4-6-15(18)10-14/h4-6,10-13,16H,7-9,18H2,1-3H3,(H,19,20). The van der Waals surface area contributed by atoms with Crippen LogP contribution in [0.3, 0.4) is 0 Å². The highest BCUT2D eigenvalue weighted by Crippen LogP contribution is 2.29. The summed E-state index contributed by atoms with van der Waals surface area (Å²) >= 11 is 0. The Labute approximate surface area is 121 Å². The predicted octanol–water partition coefficient (Wildman–Crippen LogP) is 3.31. The van der Waals surface area contributed by atoms with E-state index in [0.29, 0.717) is 17.6 Å². The van der Waals surface area contributed by atoms with Crippen LogP contribution in [0.5, 0.6) is 0 Å². The number of nitrogens with two attached hydrogens (primary N) is 1. The van der Waals surface area contributed by atoms with Crippen LogP contribution in [0.2, 0.25) is 0 Å². The number of rotatable bonds is 3. The summed E-state index contributed by atoms with van der Waals surface area (Å²) in [5.41, 5.74) is 7.48. The van der Waals surface area contributed by atoms with Gasteiger partial charge in [-0.2, -0.15) is 0 Å². The zero-order valence-corrected chi connectivity index (χ0v) is 12.7. The van der Waals surface area contributed by atoms with Gasteiger partial charge in [-0.3, -0.25) is 4.79 Å². The van der Waals surface area contributed by atoms with Gasteiger partial charge in [0, 0.05) is 11.7 Å². The van der Waals surface area contributed by atoms with Crippen molar-refractivity contribution >= 4 is 11.6 Å². The number of carbonyl (C=O) groups is 1. The summed E-state index contributed by atoms with van der Waals surface area (Å²) < 4.78 is 0. The molecule has 0 aliphatic heterocycles. The van der Waals surface area contributed by atoms with E-state index >= 15 is 0 Å². The zero-order chi connectivity index (χ0) is 14.7. The zero-order valence-electron chi connectivity index (χ0n) is 12.7. The van der Waals surface area contributed by atoms with Crippen LogP contribution in [0.4, 0.5) is 5.69 Å². The van der Waals surface area contributed by atoms with Crippen LogP contribution in [0.15, 0.2) is 24.3 Å². The first-order valence-corrected chi connectivity index (χ1v) is 7.63. The maximum Gasteiger partial charge on any atom is 0.227 e. The summed E-state index contributed by atoms with van der Waals surface area (Å²) in [5, 5.41) is 3.23. The molecule has 0 heterocycles. The molecule has 20 heavy (non-hydrogen) atoms. The Hall–Kier alpha value is -1.51. The van der Waals surface area contributed by atoms with Gasteiger partial charge in [0.2, 0.25) is 5.91 Å². The van der Waals surface area contributed by atoms with Crippen molar-refractivity contribution in [3.05, 3.63) is 29.8 Å². The molecule has 3 nitrogen and oxygen atoms in total. The molecule has 0 radical (unpaired) electrons. The van der Waals surface area contributed by atoms with Crippen molar-refractivity contribution < 1.29 is 4.79 Å². The van der Waals surface area contributed by atoms with Crippen molar-refractivity contribution in [3.8, 4) is 0 Å². The van der Waals surface area contributed by atoms with E-state index in [0.717, 1.165) is 17.9 Å². The fourth-order valence-corrected chi connectivity index (χ4v) is 3.17. The highest BCUT2D eigenvalue weighted by atomic mass is 16.1. The van der Waals surface area contributed by atoms with E-state index in [1.807, 2.05) is 31.2 Å². The Kier molecular flexibility index (Phi) is 4.69. The Morgan fingerprint density at radius 2 is 2.10 bits per heavy atom. The van der Waals surface area contributed by atoms with Crippen molar-refractivity contribution in [2.45, 2.75) is 52.0 Å². The van der Waals surface area contributed by atoms with Crippen molar-refractivity contribution in [2.24, 2.45) is 11.8 Å². The molecule has 0 bridgehead atoms. The average Bonchev–Trinajstić information content (AvgIpc) is 2.41. The van der Waals surface area contributed by atoms with Gasteiger partial charge in [-0.1, -0.05) is 26.0 Å². The maximum absolute atomic E-state index is 12.4.